The fraction of sp³-hybridized carbons (Fsp3) is 0.438. The van der Waals surface area contributed by atoms with Crippen LogP contribution in [0.15, 0.2) is 24.3 Å². The van der Waals surface area contributed by atoms with Crippen LogP contribution in [0, 0.1) is 0 Å². The average Bonchev–Trinajstić information content (AvgIpc) is 3.28. The monoisotopic (exact) mass is 297 g/mol. The summed E-state index contributed by atoms with van der Waals surface area (Å²) in [5, 5.41) is 2.40. The lowest BCUT2D eigenvalue weighted by Gasteiger charge is -2.09. The molecule has 0 aliphatic carbocycles. The summed E-state index contributed by atoms with van der Waals surface area (Å²) >= 11 is 0. The molecule has 2 N–H and O–H groups in total. The molecular weight excluding hydrogens is 266 g/mol. The molecule has 1 aromatic heterocycles. The number of fused-ring (bicyclic) bond motifs is 1. The topological polar surface area (TPSA) is 57.4 Å². The molecule has 1 fully saturated rings. The predicted molar refractivity (Wildman–Crippen MR) is 82.5 cm³/mol. The van der Waals surface area contributed by atoms with Crippen LogP contribution in [0.4, 0.5) is 4.79 Å². The van der Waals surface area contributed by atoms with E-state index in [9.17, 15) is 4.79 Å². The van der Waals surface area contributed by atoms with Crippen LogP contribution in [0.3, 0.4) is 0 Å². The van der Waals surface area contributed by atoms with E-state index in [2.05, 4.69) is 10.3 Å². The Bertz CT molecular complexity index is 1030. The van der Waals surface area contributed by atoms with E-state index in [1.165, 1.54) is 0 Å². The van der Waals surface area contributed by atoms with Gasteiger partial charge in [0.25, 0.3) is 0 Å². The van der Waals surface area contributed by atoms with Crippen molar-refractivity contribution in [1.29, 1.82) is 0 Å². The number of nitrogens with one attached hydrogen (secondary N) is 2. The number of alkyl carbamates (subject to hydrolysis) is 1. The highest BCUT2D eigenvalue weighted by Gasteiger charge is 2.22. The Labute approximate surface area is 138 Å². The first-order valence-electron chi connectivity index (χ1n) is 11.4. The summed E-state index contributed by atoms with van der Waals surface area (Å²) in [6, 6.07) is -1.44. The summed E-state index contributed by atoms with van der Waals surface area (Å²) in [4.78, 5) is 14.2. The van der Waals surface area contributed by atoms with Crippen molar-refractivity contribution in [2.75, 3.05) is 27.1 Å². The van der Waals surface area contributed by atoms with Crippen LogP contribution in [0.2, 0.25) is 0 Å². The predicted octanol–water partition coefficient (Wildman–Crippen LogP) is 1.92. The number of amides is 1. The fourth-order valence-electron chi connectivity index (χ4n) is 2.10. The van der Waals surface area contributed by atoms with Gasteiger partial charge in [0.1, 0.15) is 6.61 Å². The number of aromatic amines is 1. The van der Waals surface area contributed by atoms with Gasteiger partial charge in [-0.1, -0.05) is 6.04 Å². The molecule has 1 aromatic carbocycles. The number of likely N-dealkylation sites (N-methyl/N-ethyl adjacent to an activating group) is 1. The number of nitrogens with zero attached hydrogens (tertiary/aromatic N) is 1. The summed E-state index contributed by atoms with van der Waals surface area (Å²) < 4.78 is 85.5. The van der Waals surface area contributed by atoms with Crippen molar-refractivity contribution >= 4 is 17.0 Å². The Kier molecular flexibility index (Phi) is 1.76. The van der Waals surface area contributed by atoms with Crippen LogP contribution in [-0.4, -0.2) is 49.1 Å². The van der Waals surface area contributed by atoms with Gasteiger partial charge in [0.15, 0.2) is 0 Å². The Hall–Kier alpha value is -2.01. The normalized spacial score (nSPS) is 27.1. The lowest BCUT2D eigenvalue weighted by Crippen LogP contribution is -2.28. The van der Waals surface area contributed by atoms with Gasteiger partial charge in [0.05, 0.1) is 10.2 Å². The van der Waals surface area contributed by atoms with Crippen molar-refractivity contribution in [3.05, 3.63) is 35.5 Å². The van der Waals surface area contributed by atoms with E-state index in [1.807, 2.05) is 0 Å². The lowest BCUT2D eigenvalue weighted by atomic mass is 10.0. The van der Waals surface area contributed by atoms with E-state index in [-0.39, 0.29) is 53.2 Å². The van der Waals surface area contributed by atoms with Crippen molar-refractivity contribution < 1.29 is 23.2 Å². The number of cyclic esters (lactones) is 1. The van der Waals surface area contributed by atoms with Crippen LogP contribution in [0.1, 0.15) is 24.8 Å². The zero-order chi connectivity index (χ0) is 23.5. The van der Waals surface area contributed by atoms with Crippen molar-refractivity contribution in [2.24, 2.45) is 0 Å². The molecule has 0 spiro atoms. The van der Waals surface area contributed by atoms with Gasteiger partial charge in [-0.05, 0) is 50.0 Å². The number of carbonyl (C=O) groups is 1. The van der Waals surface area contributed by atoms with Crippen LogP contribution in [0.25, 0.3) is 10.9 Å². The maximum Gasteiger partial charge on any atom is 0.407 e. The third-order valence-corrected chi connectivity index (χ3v) is 3.04. The van der Waals surface area contributed by atoms with Gasteiger partial charge in [-0.15, -0.1) is 0 Å². The number of H-pyrrole nitrogens is 1. The summed E-state index contributed by atoms with van der Waals surface area (Å²) in [5.41, 5.74) is -0.304. The quantitative estimate of drug-likeness (QED) is 0.886. The van der Waals surface area contributed by atoms with Gasteiger partial charge in [-0.25, -0.2) is 4.79 Å². The second-order valence-electron chi connectivity index (χ2n) is 4.75. The highest BCUT2D eigenvalue weighted by Crippen LogP contribution is 2.21. The summed E-state index contributed by atoms with van der Waals surface area (Å²) in [6.45, 7) is -5.92. The maximum atomic E-state index is 11.3. The van der Waals surface area contributed by atoms with Crippen molar-refractivity contribution in [1.82, 2.24) is 15.2 Å². The standard InChI is InChI=1S/C16H21N3O2/c1-19(2)6-5-12-9-17-15-4-3-11(8-14(12)15)7-13-10-21-16(20)18-13/h3-4,8-9,13,17H,5-7,10H2,1-2H3,(H,18,20)/t13-/m0/s1/i1D3,3D,4D,5D2,6D2,8D. The van der Waals surface area contributed by atoms with Gasteiger partial charge >= 0.3 is 6.09 Å². The number of rotatable bonds is 5. The molecule has 112 valence electrons. The summed E-state index contributed by atoms with van der Waals surface area (Å²) in [6.07, 6.45) is -2.46. The molecule has 21 heavy (non-hydrogen) atoms. The molecule has 0 unspecified atom stereocenters. The van der Waals surface area contributed by atoms with Crippen molar-refractivity contribution in [2.45, 2.75) is 18.8 Å². The van der Waals surface area contributed by atoms with Gasteiger partial charge in [0, 0.05) is 33.2 Å². The van der Waals surface area contributed by atoms with Crippen molar-refractivity contribution in [3.8, 4) is 0 Å². The Morgan fingerprint density at radius 3 is 3.29 bits per heavy atom. The molecule has 1 aliphatic heterocycles. The van der Waals surface area contributed by atoms with E-state index >= 15 is 0 Å². The van der Waals surface area contributed by atoms with Gasteiger partial charge in [-0.2, -0.15) is 0 Å². The van der Waals surface area contributed by atoms with E-state index in [0.29, 0.717) is 4.90 Å². The van der Waals surface area contributed by atoms with E-state index in [4.69, 9.17) is 18.4 Å². The average molecular weight is 297 g/mol. The summed E-state index contributed by atoms with van der Waals surface area (Å²) in [5.74, 6) is 0. The highest BCUT2D eigenvalue weighted by molar-refractivity contribution is 5.84. The fourth-order valence-corrected chi connectivity index (χ4v) is 2.10. The van der Waals surface area contributed by atoms with Crippen molar-refractivity contribution in [3.63, 3.8) is 0 Å². The minimum absolute atomic E-state index is 0.00975. The molecule has 3 rings (SSSR count). The van der Waals surface area contributed by atoms with Gasteiger partial charge in [0.2, 0.25) is 0 Å². The molecule has 0 radical (unpaired) electrons. The van der Waals surface area contributed by atoms with Crippen LogP contribution < -0.4 is 5.32 Å². The Balaban J connectivity index is 2.17. The molecule has 1 saturated heterocycles. The summed E-state index contributed by atoms with van der Waals surface area (Å²) in [7, 11) is 0.938. The number of aryl methyl sites for hydroxylation is 1. The van der Waals surface area contributed by atoms with Crippen LogP contribution in [0.5, 0.6) is 0 Å². The minimum atomic E-state index is -3.00. The number of aromatic nitrogens is 1. The molecule has 2 aromatic rings. The minimum Gasteiger partial charge on any atom is -0.447 e. The Morgan fingerprint density at radius 2 is 2.52 bits per heavy atom. The molecule has 1 atom stereocenters. The molecule has 0 bridgehead atoms. The molecular formula is C16H21N3O2. The third-order valence-electron chi connectivity index (χ3n) is 3.04. The lowest BCUT2D eigenvalue weighted by molar-refractivity contribution is 0.177. The van der Waals surface area contributed by atoms with Gasteiger partial charge in [-0.3, -0.25) is 0 Å². The SMILES string of the molecule is [2H]c1c(C[C@H]2COC(=O)N2)c([2H])c2c(C([2H])([2H])C([2H])([2H])N(C)C([2H])([2H])[2H])c[nH]c2c1[2H]. The van der Waals surface area contributed by atoms with Crippen LogP contribution >= 0.6 is 0 Å². The number of hydrogen-bond donors (Lipinski definition) is 2. The number of benzene rings is 1. The van der Waals surface area contributed by atoms with E-state index in [0.717, 1.165) is 13.2 Å². The third kappa shape index (κ3) is 3.19. The van der Waals surface area contributed by atoms with E-state index < -0.39 is 32.0 Å². The highest BCUT2D eigenvalue weighted by atomic mass is 16.6. The molecule has 0 saturated carbocycles. The molecule has 5 heteroatoms. The number of ether oxygens (including phenoxy) is 1. The Morgan fingerprint density at radius 1 is 1.62 bits per heavy atom. The van der Waals surface area contributed by atoms with Crippen LogP contribution in [-0.2, 0) is 17.5 Å². The van der Waals surface area contributed by atoms with Gasteiger partial charge < -0.3 is 19.9 Å². The number of hydrogen-bond acceptors (Lipinski definition) is 3. The maximum absolute atomic E-state index is 11.3. The first kappa shape index (κ1) is 6.40. The second-order valence-corrected chi connectivity index (χ2v) is 4.75. The number of carbonyl (C=O) groups excluding carboxylic acids is 1. The molecule has 1 aliphatic rings. The second kappa shape index (κ2) is 5.77. The smallest absolute Gasteiger partial charge is 0.407 e. The zero-order valence-corrected chi connectivity index (χ0v) is 11.3. The van der Waals surface area contributed by atoms with E-state index in [1.54, 1.807) is 0 Å². The largest absolute Gasteiger partial charge is 0.447 e. The first-order valence-corrected chi connectivity index (χ1v) is 6.38. The zero-order valence-electron chi connectivity index (χ0n) is 21.3. The molecule has 2 heterocycles. The molecule has 1 amide bonds. The molecule has 5 nitrogen and oxygen atoms in total. The first-order chi connectivity index (χ1) is 14.1.